The van der Waals surface area contributed by atoms with E-state index in [2.05, 4.69) is 0 Å². The number of carbonyl (C=O) groups is 1. The van der Waals surface area contributed by atoms with Crippen molar-refractivity contribution in [2.75, 3.05) is 12.0 Å². The Hall–Kier alpha value is -4.16. The molecule has 0 saturated carbocycles. The number of para-hydroxylation sites is 3. The fraction of sp³-hybridized carbons (Fsp3) is 0.103. The summed E-state index contributed by atoms with van der Waals surface area (Å²) in [6, 6.07) is 31.4. The van der Waals surface area contributed by atoms with Gasteiger partial charge in [-0.15, -0.1) is 0 Å². The average Bonchev–Trinajstić information content (AvgIpc) is 3.33. The molecule has 3 heterocycles. The molecule has 2 aliphatic rings. The first-order valence-electron chi connectivity index (χ1n) is 11.4. The number of β-lactam (4-membered cyclic amide) rings is 1. The van der Waals surface area contributed by atoms with Crippen molar-refractivity contribution in [3.63, 3.8) is 0 Å². The number of thiazole rings is 1. The number of methoxy groups -OCH3 is 1. The van der Waals surface area contributed by atoms with Crippen LogP contribution in [-0.4, -0.2) is 18.0 Å². The number of fused-ring (bicyclic) bond motifs is 5. The summed E-state index contributed by atoms with van der Waals surface area (Å²) in [5, 5.41) is 0.698. The summed E-state index contributed by atoms with van der Waals surface area (Å²) in [7, 11) is 1.65. The molecule has 6 heteroatoms. The highest BCUT2D eigenvalue weighted by molar-refractivity contribution is 7.22. The fourth-order valence-electron chi connectivity index (χ4n) is 5.45. The normalized spacial score (nSPS) is 17.5. The van der Waals surface area contributed by atoms with Gasteiger partial charge in [0, 0.05) is 11.1 Å². The third kappa shape index (κ3) is 2.68. The van der Waals surface area contributed by atoms with Crippen LogP contribution >= 0.6 is 11.3 Å². The molecule has 1 saturated heterocycles. The van der Waals surface area contributed by atoms with Crippen LogP contribution in [0.1, 0.15) is 22.7 Å². The maximum Gasteiger partial charge on any atom is 0.247 e. The molecule has 170 valence electrons. The van der Waals surface area contributed by atoms with Crippen LogP contribution in [0.5, 0.6) is 17.2 Å². The molecule has 35 heavy (non-hydrogen) atoms. The number of anilines is 1. The second kappa shape index (κ2) is 7.42. The Bertz CT molecular complexity index is 1530. The minimum absolute atomic E-state index is 0.000532. The summed E-state index contributed by atoms with van der Waals surface area (Å²) < 4.78 is 12.7. The van der Waals surface area contributed by atoms with Crippen LogP contribution in [0, 0.1) is 0 Å². The predicted octanol–water partition coefficient (Wildman–Crippen LogP) is 6.48. The van der Waals surface area contributed by atoms with Crippen molar-refractivity contribution in [2.24, 2.45) is 0 Å². The topological polar surface area (TPSA) is 51.7 Å². The van der Waals surface area contributed by atoms with Crippen LogP contribution in [0.25, 0.3) is 10.2 Å². The Kier molecular flexibility index (Phi) is 4.29. The molecule has 4 aromatic carbocycles. The molecule has 1 aromatic heterocycles. The average molecular weight is 477 g/mol. The Labute approximate surface area is 206 Å². The summed E-state index contributed by atoms with van der Waals surface area (Å²) in [5.74, 6) is 2.19. The van der Waals surface area contributed by atoms with Gasteiger partial charge in [0.05, 0.1) is 23.4 Å². The Morgan fingerprint density at radius 3 is 2.14 bits per heavy atom. The van der Waals surface area contributed by atoms with Gasteiger partial charge >= 0.3 is 0 Å². The number of amides is 1. The van der Waals surface area contributed by atoms with Gasteiger partial charge in [-0.3, -0.25) is 9.69 Å². The van der Waals surface area contributed by atoms with Crippen molar-refractivity contribution in [1.82, 2.24) is 4.98 Å². The van der Waals surface area contributed by atoms with Crippen LogP contribution in [0.4, 0.5) is 5.13 Å². The van der Waals surface area contributed by atoms with Crippen molar-refractivity contribution in [1.29, 1.82) is 0 Å². The van der Waals surface area contributed by atoms with Gasteiger partial charge in [0.2, 0.25) is 5.91 Å². The van der Waals surface area contributed by atoms with E-state index in [-0.39, 0.29) is 11.9 Å². The summed E-state index contributed by atoms with van der Waals surface area (Å²) in [6.07, 6.45) is 0. The molecule has 5 nitrogen and oxygen atoms in total. The molecule has 5 aromatic rings. The molecule has 7 rings (SSSR count). The quantitative estimate of drug-likeness (QED) is 0.280. The van der Waals surface area contributed by atoms with Gasteiger partial charge in [-0.2, -0.15) is 0 Å². The van der Waals surface area contributed by atoms with Gasteiger partial charge in [-0.25, -0.2) is 4.98 Å². The largest absolute Gasteiger partial charge is 0.497 e. The zero-order chi connectivity index (χ0) is 23.6. The maximum absolute atomic E-state index is 14.5. The lowest BCUT2D eigenvalue weighted by Gasteiger charge is -2.57. The minimum Gasteiger partial charge on any atom is -0.497 e. The zero-order valence-electron chi connectivity index (χ0n) is 18.8. The first kappa shape index (κ1) is 20.2. The monoisotopic (exact) mass is 476 g/mol. The van der Waals surface area contributed by atoms with E-state index >= 15 is 0 Å². The maximum atomic E-state index is 14.5. The standard InChI is InChI=1S/C29H20N2O3S/c1-33-19-16-14-18(15-17-19)26-29(27(32)31(26)28-30-22-10-4-7-13-25(22)35-28)20-8-2-5-11-23(20)34-24-12-6-3-9-21(24)29/h2-17,26H,1H3. The SMILES string of the molecule is COc1ccc(C2N(c3nc4ccccc4s3)C(=O)C23c2ccccc2Oc2ccccc23)cc1. The Morgan fingerprint density at radius 2 is 1.49 bits per heavy atom. The Balaban J connectivity index is 1.50. The zero-order valence-corrected chi connectivity index (χ0v) is 19.7. The summed E-state index contributed by atoms with van der Waals surface area (Å²) in [5.41, 5.74) is 2.74. The van der Waals surface area contributed by atoms with Crippen LogP contribution < -0.4 is 14.4 Å². The van der Waals surface area contributed by atoms with Crippen molar-refractivity contribution in [3.8, 4) is 17.2 Å². The lowest BCUT2D eigenvalue weighted by molar-refractivity contribution is -0.131. The second-order valence-electron chi connectivity index (χ2n) is 8.72. The number of ether oxygens (including phenoxy) is 2. The van der Waals surface area contributed by atoms with Gasteiger partial charge < -0.3 is 9.47 Å². The van der Waals surface area contributed by atoms with Gasteiger partial charge in [0.1, 0.15) is 22.7 Å². The van der Waals surface area contributed by atoms with Crippen molar-refractivity contribution in [3.05, 3.63) is 114 Å². The number of benzene rings is 4. The fourth-order valence-corrected chi connectivity index (χ4v) is 6.44. The third-order valence-corrected chi connectivity index (χ3v) is 8.02. The number of rotatable bonds is 3. The van der Waals surface area contributed by atoms with Gasteiger partial charge in [-0.05, 0) is 42.0 Å². The van der Waals surface area contributed by atoms with Gasteiger partial charge in [-0.1, -0.05) is 72.0 Å². The molecule has 1 atom stereocenters. The molecule has 0 radical (unpaired) electrons. The lowest BCUT2D eigenvalue weighted by atomic mass is 9.59. The number of hydrogen-bond acceptors (Lipinski definition) is 5. The lowest BCUT2D eigenvalue weighted by Crippen LogP contribution is -2.67. The molecule has 1 fully saturated rings. The molecule has 1 spiro atoms. The van der Waals surface area contributed by atoms with E-state index in [0.717, 1.165) is 32.7 Å². The number of carbonyl (C=O) groups excluding carboxylic acids is 1. The van der Waals surface area contributed by atoms with Gasteiger partial charge in [0.15, 0.2) is 5.13 Å². The molecule has 0 bridgehead atoms. The first-order valence-corrected chi connectivity index (χ1v) is 12.2. The summed E-state index contributed by atoms with van der Waals surface area (Å²) in [4.78, 5) is 21.2. The van der Waals surface area contributed by atoms with Crippen LogP contribution in [-0.2, 0) is 10.2 Å². The molecule has 1 unspecified atom stereocenters. The van der Waals surface area contributed by atoms with Crippen molar-refractivity contribution < 1.29 is 14.3 Å². The summed E-state index contributed by atoms with van der Waals surface area (Å²) in [6.45, 7) is 0. The van der Waals surface area contributed by atoms with E-state index in [1.165, 1.54) is 11.3 Å². The van der Waals surface area contributed by atoms with Gasteiger partial charge in [0.25, 0.3) is 0 Å². The first-order chi connectivity index (χ1) is 17.2. The summed E-state index contributed by atoms with van der Waals surface area (Å²) >= 11 is 1.54. The predicted molar refractivity (Wildman–Crippen MR) is 137 cm³/mol. The number of nitrogens with zero attached hydrogens (tertiary/aromatic N) is 2. The second-order valence-corrected chi connectivity index (χ2v) is 9.73. The minimum atomic E-state index is -0.919. The van der Waals surface area contributed by atoms with Crippen molar-refractivity contribution >= 4 is 32.6 Å². The molecule has 0 aliphatic carbocycles. The molecular formula is C29H20N2O3S. The Morgan fingerprint density at radius 1 is 0.857 bits per heavy atom. The van der Waals surface area contributed by atoms with E-state index in [9.17, 15) is 4.79 Å². The molecule has 1 amide bonds. The number of hydrogen-bond donors (Lipinski definition) is 0. The van der Waals surface area contributed by atoms with Crippen molar-refractivity contribution in [2.45, 2.75) is 11.5 Å². The highest BCUT2D eigenvalue weighted by Gasteiger charge is 2.67. The van der Waals surface area contributed by atoms with Crippen LogP contribution in [0.2, 0.25) is 0 Å². The van der Waals surface area contributed by atoms with Crippen LogP contribution in [0.3, 0.4) is 0 Å². The smallest absolute Gasteiger partial charge is 0.247 e. The third-order valence-electron chi connectivity index (χ3n) is 6.99. The van der Waals surface area contributed by atoms with Crippen LogP contribution in [0.15, 0.2) is 97.1 Å². The van der Waals surface area contributed by atoms with E-state index < -0.39 is 5.41 Å². The highest BCUT2D eigenvalue weighted by atomic mass is 32.1. The molecule has 0 N–H and O–H groups in total. The highest BCUT2D eigenvalue weighted by Crippen LogP contribution is 2.63. The van der Waals surface area contributed by atoms with E-state index in [1.54, 1.807) is 7.11 Å². The van der Waals surface area contributed by atoms with E-state index in [0.29, 0.717) is 16.6 Å². The molecular weight excluding hydrogens is 456 g/mol. The van der Waals surface area contributed by atoms with E-state index in [4.69, 9.17) is 14.5 Å². The molecule has 2 aliphatic heterocycles. The number of aromatic nitrogens is 1. The van der Waals surface area contributed by atoms with E-state index in [1.807, 2.05) is 102 Å².